The number of esters is 1. The number of carbonyl (C=O) groups is 1. The van der Waals surface area contributed by atoms with Crippen LogP contribution in [0.2, 0.25) is 0 Å². The van der Waals surface area contributed by atoms with Gasteiger partial charge >= 0.3 is 5.97 Å². The van der Waals surface area contributed by atoms with Gasteiger partial charge in [-0.15, -0.1) is 11.6 Å². The molecule has 0 atom stereocenters. The van der Waals surface area contributed by atoms with Crippen LogP contribution in [-0.4, -0.2) is 18.1 Å². The maximum Gasteiger partial charge on any atom is 0.338 e. The fourth-order valence-corrected chi connectivity index (χ4v) is 1.66. The Labute approximate surface area is 96.4 Å². The normalized spacial score (nSPS) is 10.6. The van der Waals surface area contributed by atoms with Crippen molar-refractivity contribution in [3.63, 3.8) is 0 Å². The van der Waals surface area contributed by atoms with Crippen LogP contribution in [0.3, 0.4) is 0 Å². The van der Waals surface area contributed by atoms with E-state index in [1.165, 1.54) is 13.3 Å². The van der Waals surface area contributed by atoms with Crippen molar-refractivity contribution in [1.82, 2.24) is 4.98 Å². The van der Waals surface area contributed by atoms with Crippen LogP contribution in [-0.2, 0) is 10.6 Å². The van der Waals surface area contributed by atoms with E-state index in [2.05, 4.69) is 9.72 Å². The van der Waals surface area contributed by atoms with E-state index in [9.17, 15) is 13.6 Å². The molecule has 1 aromatic rings. The number of hydrogen-bond acceptors (Lipinski definition) is 3. The van der Waals surface area contributed by atoms with E-state index in [0.717, 1.165) is 0 Å². The molecule has 0 fully saturated rings. The number of alkyl halides is 3. The molecule has 0 saturated carbocycles. The highest BCUT2D eigenvalue weighted by molar-refractivity contribution is 6.17. The number of aromatic nitrogens is 1. The predicted octanol–water partition coefficient (Wildman–Crippen LogP) is 2.85. The van der Waals surface area contributed by atoms with E-state index >= 15 is 0 Å². The van der Waals surface area contributed by atoms with Crippen molar-refractivity contribution in [1.29, 1.82) is 0 Å². The number of carbonyl (C=O) groups excluding carboxylic acids is 1. The van der Waals surface area contributed by atoms with E-state index in [1.54, 1.807) is 6.92 Å². The van der Waals surface area contributed by atoms with Gasteiger partial charge in [0.25, 0.3) is 6.43 Å². The molecule has 1 aromatic heterocycles. The Morgan fingerprint density at radius 1 is 1.62 bits per heavy atom. The number of aryl methyl sites for hydroxylation is 1. The second-order valence-electron chi connectivity index (χ2n) is 3.11. The molecule has 0 saturated heterocycles. The second-order valence-corrected chi connectivity index (χ2v) is 3.37. The summed E-state index contributed by atoms with van der Waals surface area (Å²) in [6, 6.07) is 0. The van der Waals surface area contributed by atoms with Crippen LogP contribution in [0, 0.1) is 6.92 Å². The van der Waals surface area contributed by atoms with Gasteiger partial charge in [-0.1, -0.05) is 0 Å². The summed E-state index contributed by atoms with van der Waals surface area (Å²) in [6.45, 7) is 1.59. The molecule has 0 spiro atoms. The van der Waals surface area contributed by atoms with Crippen LogP contribution in [0.25, 0.3) is 0 Å². The highest BCUT2D eigenvalue weighted by Gasteiger charge is 2.23. The lowest BCUT2D eigenvalue weighted by Gasteiger charge is -2.12. The van der Waals surface area contributed by atoms with Crippen molar-refractivity contribution >= 4 is 17.6 Å². The lowest BCUT2D eigenvalue weighted by Crippen LogP contribution is -2.11. The fraction of sp³-hybridized carbons (Fsp3) is 0.400. The Kier molecular flexibility index (Phi) is 4.18. The van der Waals surface area contributed by atoms with Crippen LogP contribution in [0.5, 0.6) is 0 Å². The zero-order valence-electron chi connectivity index (χ0n) is 8.76. The summed E-state index contributed by atoms with van der Waals surface area (Å²) in [7, 11) is 1.18. The Hall–Kier alpha value is -1.23. The number of nitrogens with zero attached hydrogens (tertiary/aromatic N) is 1. The number of hydrogen-bond donors (Lipinski definition) is 0. The van der Waals surface area contributed by atoms with Gasteiger partial charge in [-0.25, -0.2) is 13.6 Å². The monoisotopic (exact) mass is 249 g/mol. The van der Waals surface area contributed by atoms with Gasteiger partial charge in [-0.2, -0.15) is 0 Å². The Morgan fingerprint density at radius 3 is 2.69 bits per heavy atom. The molecule has 0 unspecified atom stereocenters. The zero-order valence-corrected chi connectivity index (χ0v) is 9.52. The van der Waals surface area contributed by atoms with Gasteiger partial charge < -0.3 is 4.74 Å². The maximum atomic E-state index is 12.6. The first kappa shape index (κ1) is 12.8. The third kappa shape index (κ3) is 2.29. The summed E-state index contributed by atoms with van der Waals surface area (Å²) >= 11 is 5.57. The molecule has 0 bridgehead atoms. The van der Waals surface area contributed by atoms with E-state index in [-0.39, 0.29) is 17.0 Å². The standard InChI is InChI=1S/C10H10ClF2NO2/c1-5-4-14-8(9(12)13)6(3-11)7(5)10(15)16-2/h4,9H,3H2,1-2H3. The van der Waals surface area contributed by atoms with Crippen molar-refractivity contribution in [3.05, 3.63) is 28.6 Å². The molecule has 0 aliphatic carbocycles. The first-order chi connectivity index (χ1) is 7.52. The van der Waals surface area contributed by atoms with Gasteiger partial charge in [0.05, 0.1) is 18.6 Å². The van der Waals surface area contributed by atoms with Crippen molar-refractivity contribution in [2.45, 2.75) is 19.2 Å². The first-order valence-electron chi connectivity index (χ1n) is 4.43. The minimum Gasteiger partial charge on any atom is -0.465 e. The SMILES string of the molecule is COC(=O)c1c(C)cnc(C(F)F)c1CCl. The summed E-state index contributed by atoms with van der Waals surface area (Å²) in [5.41, 5.74) is 0.0965. The molecular formula is C10H10ClF2NO2. The van der Waals surface area contributed by atoms with Crippen LogP contribution in [0.1, 0.15) is 33.6 Å². The fourth-order valence-electron chi connectivity index (χ4n) is 1.38. The average Bonchev–Trinajstić information content (AvgIpc) is 2.26. The predicted molar refractivity (Wildman–Crippen MR) is 54.8 cm³/mol. The molecule has 0 aromatic carbocycles. The van der Waals surface area contributed by atoms with Crippen molar-refractivity contribution in [2.24, 2.45) is 0 Å². The van der Waals surface area contributed by atoms with Crippen molar-refractivity contribution < 1.29 is 18.3 Å². The van der Waals surface area contributed by atoms with Gasteiger partial charge in [0, 0.05) is 11.8 Å². The van der Waals surface area contributed by atoms with Gasteiger partial charge in [0.15, 0.2) is 0 Å². The van der Waals surface area contributed by atoms with Crippen LogP contribution in [0.15, 0.2) is 6.20 Å². The molecule has 16 heavy (non-hydrogen) atoms. The number of halogens is 3. The largest absolute Gasteiger partial charge is 0.465 e. The lowest BCUT2D eigenvalue weighted by atomic mass is 10.0. The molecule has 0 N–H and O–H groups in total. The molecule has 0 amide bonds. The minimum atomic E-state index is -2.77. The number of rotatable bonds is 3. The average molecular weight is 250 g/mol. The quantitative estimate of drug-likeness (QED) is 0.611. The molecule has 6 heteroatoms. The maximum absolute atomic E-state index is 12.6. The number of methoxy groups -OCH3 is 1. The lowest BCUT2D eigenvalue weighted by molar-refractivity contribution is 0.0598. The third-order valence-electron chi connectivity index (χ3n) is 2.13. The van der Waals surface area contributed by atoms with Crippen LogP contribution in [0.4, 0.5) is 8.78 Å². The van der Waals surface area contributed by atoms with E-state index in [4.69, 9.17) is 11.6 Å². The van der Waals surface area contributed by atoms with Gasteiger partial charge in [-0.05, 0) is 12.5 Å². The van der Waals surface area contributed by atoms with Crippen molar-refractivity contribution in [2.75, 3.05) is 7.11 Å². The van der Waals surface area contributed by atoms with Crippen molar-refractivity contribution in [3.8, 4) is 0 Å². The smallest absolute Gasteiger partial charge is 0.338 e. The van der Waals surface area contributed by atoms with Gasteiger partial charge in [0.1, 0.15) is 5.69 Å². The van der Waals surface area contributed by atoms with Gasteiger partial charge in [-0.3, -0.25) is 4.98 Å². The van der Waals surface area contributed by atoms with E-state index < -0.39 is 18.1 Å². The minimum absolute atomic E-state index is 0.0310. The summed E-state index contributed by atoms with van der Waals surface area (Å²) in [5.74, 6) is -0.892. The van der Waals surface area contributed by atoms with Crippen LogP contribution >= 0.6 is 11.6 Å². The van der Waals surface area contributed by atoms with Crippen LogP contribution < -0.4 is 0 Å². The Balaban J connectivity index is 3.44. The highest BCUT2D eigenvalue weighted by Crippen LogP contribution is 2.27. The zero-order chi connectivity index (χ0) is 12.3. The number of ether oxygens (including phenoxy) is 1. The molecule has 88 valence electrons. The van der Waals surface area contributed by atoms with Gasteiger partial charge in [0.2, 0.25) is 0 Å². The molecule has 1 heterocycles. The summed E-state index contributed by atoms with van der Waals surface area (Å²) in [6.07, 6.45) is -1.55. The first-order valence-corrected chi connectivity index (χ1v) is 4.97. The molecule has 0 aliphatic heterocycles. The molecule has 0 aliphatic rings. The Bertz CT molecular complexity index is 410. The summed E-state index contributed by atoms with van der Waals surface area (Å²) in [4.78, 5) is 15.0. The summed E-state index contributed by atoms with van der Waals surface area (Å²) < 4.78 is 29.8. The molecular weight excluding hydrogens is 240 g/mol. The second kappa shape index (κ2) is 5.21. The topological polar surface area (TPSA) is 39.2 Å². The highest BCUT2D eigenvalue weighted by atomic mass is 35.5. The molecule has 3 nitrogen and oxygen atoms in total. The van der Waals surface area contributed by atoms with E-state index in [1.807, 2.05) is 0 Å². The molecule has 0 radical (unpaired) electrons. The molecule has 1 rings (SSSR count). The van der Waals surface area contributed by atoms with E-state index in [0.29, 0.717) is 5.56 Å². The Morgan fingerprint density at radius 2 is 2.25 bits per heavy atom. The third-order valence-corrected chi connectivity index (χ3v) is 2.40. The summed E-state index contributed by atoms with van der Waals surface area (Å²) in [5, 5.41) is 0. The number of pyridine rings is 1.